The summed E-state index contributed by atoms with van der Waals surface area (Å²) in [6.45, 7) is 2.92. The molecule has 0 amide bonds. The monoisotopic (exact) mass is 167 g/mol. The van der Waals surface area contributed by atoms with Gasteiger partial charge in [0.15, 0.2) is 0 Å². The Bertz CT molecular complexity index is 212. The number of aliphatic hydroxyl groups excluding tert-OH is 1. The highest BCUT2D eigenvalue weighted by atomic mass is 16.3. The Kier molecular flexibility index (Phi) is 1.25. The van der Waals surface area contributed by atoms with Crippen LogP contribution >= 0.6 is 0 Å². The fourth-order valence-corrected chi connectivity index (χ4v) is 3.35. The summed E-state index contributed by atoms with van der Waals surface area (Å²) >= 11 is 0. The molecule has 2 heterocycles. The van der Waals surface area contributed by atoms with Gasteiger partial charge in [0.2, 0.25) is 0 Å². The summed E-state index contributed by atoms with van der Waals surface area (Å²) in [6, 6.07) is 0. The Morgan fingerprint density at radius 3 is 2.67 bits per heavy atom. The van der Waals surface area contributed by atoms with Gasteiger partial charge in [-0.25, -0.2) is 0 Å². The van der Waals surface area contributed by atoms with Crippen molar-refractivity contribution in [2.45, 2.75) is 37.6 Å². The van der Waals surface area contributed by atoms with E-state index < -0.39 is 0 Å². The van der Waals surface area contributed by atoms with Gasteiger partial charge in [0.25, 0.3) is 0 Å². The Hall–Kier alpha value is -0.0800. The van der Waals surface area contributed by atoms with E-state index in [4.69, 9.17) is 0 Å². The number of fused-ring (bicyclic) bond motifs is 1. The molecule has 2 nitrogen and oxygen atoms in total. The average molecular weight is 167 g/mol. The van der Waals surface area contributed by atoms with Gasteiger partial charge in [-0.1, -0.05) is 0 Å². The number of aliphatic hydroxyl groups is 1. The van der Waals surface area contributed by atoms with Crippen molar-refractivity contribution in [1.82, 2.24) is 4.90 Å². The van der Waals surface area contributed by atoms with E-state index in [1.807, 2.05) is 0 Å². The summed E-state index contributed by atoms with van der Waals surface area (Å²) in [5.41, 5.74) is 0.902. The molecule has 1 atom stereocenters. The maximum atomic E-state index is 9.45. The third-order valence-corrected chi connectivity index (χ3v) is 4.22. The first-order valence-electron chi connectivity index (χ1n) is 5.15. The summed E-state index contributed by atoms with van der Waals surface area (Å²) in [5.74, 6) is 0. The highest BCUT2D eigenvalue weighted by molar-refractivity contribution is 5.13. The molecule has 12 heavy (non-hydrogen) atoms. The predicted octanol–water partition coefficient (Wildman–Crippen LogP) is 0.997. The van der Waals surface area contributed by atoms with Crippen molar-refractivity contribution in [2.75, 3.05) is 19.7 Å². The van der Waals surface area contributed by atoms with E-state index in [2.05, 4.69) is 4.90 Å². The van der Waals surface area contributed by atoms with Crippen molar-refractivity contribution in [2.24, 2.45) is 5.41 Å². The van der Waals surface area contributed by atoms with Crippen LogP contribution in [0.15, 0.2) is 0 Å². The van der Waals surface area contributed by atoms with Gasteiger partial charge in [0, 0.05) is 12.1 Å². The van der Waals surface area contributed by atoms with Gasteiger partial charge >= 0.3 is 0 Å². The molecule has 1 saturated carbocycles. The van der Waals surface area contributed by atoms with Crippen molar-refractivity contribution in [3.05, 3.63) is 0 Å². The van der Waals surface area contributed by atoms with Crippen LogP contribution in [-0.4, -0.2) is 35.2 Å². The molecule has 1 spiro atoms. The predicted molar refractivity (Wildman–Crippen MR) is 46.9 cm³/mol. The van der Waals surface area contributed by atoms with E-state index in [9.17, 15) is 5.11 Å². The normalized spacial score (nSPS) is 43.8. The number of nitrogens with zero attached hydrogens (tertiary/aromatic N) is 1. The minimum Gasteiger partial charge on any atom is -0.394 e. The van der Waals surface area contributed by atoms with Crippen molar-refractivity contribution in [1.29, 1.82) is 0 Å². The highest BCUT2D eigenvalue weighted by Crippen LogP contribution is 2.60. The van der Waals surface area contributed by atoms with Gasteiger partial charge in [-0.05, 0) is 44.1 Å². The maximum absolute atomic E-state index is 9.45. The summed E-state index contributed by atoms with van der Waals surface area (Å²) in [5, 5.41) is 9.45. The second kappa shape index (κ2) is 2.05. The van der Waals surface area contributed by atoms with Gasteiger partial charge in [-0.15, -0.1) is 0 Å². The second-order valence-electron chi connectivity index (χ2n) is 5.08. The van der Waals surface area contributed by atoms with Gasteiger partial charge in [0.1, 0.15) is 0 Å². The van der Waals surface area contributed by atoms with Crippen molar-refractivity contribution in [3.63, 3.8) is 0 Å². The van der Waals surface area contributed by atoms with Crippen LogP contribution in [0.4, 0.5) is 0 Å². The van der Waals surface area contributed by atoms with Crippen LogP contribution in [0.2, 0.25) is 0 Å². The Morgan fingerprint density at radius 1 is 1.25 bits per heavy atom. The molecule has 1 N–H and O–H groups in total. The zero-order valence-electron chi connectivity index (χ0n) is 7.55. The van der Waals surface area contributed by atoms with Crippen LogP contribution in [0.3, 0.4) is 0 Å². The van der Waals surface area contributed by atoms with Crippen LogP contribution in [0.5, 0.6) is 0 Å². The largest absolute Gasteiger partial charge is 0.394 e. The van der Waals surface area contributed by atoms with Crippen LogP contribution in [0.25, 0.3) is 0 Å². The molecule has 68 valence electrons. The van der Waals surface area contributed by atoms with Gasteiger partial charge in [-0.2, -0.15) is 0 Å². The van der Waals surface area contributed by atoms with Gasteiger partial charge < -0.3 is 5.11 Å². The lowest BCUT2D eigenvalue weighted by molar-refractivity contribution is 0.0997. The molecule has 2 heteroatoms. The Labute approximate surface area is 73.6 Å². The van der Waals surface area contributed by atoms with Crippen molar-refractivity contribution in [3.8, 4) is 0 Å². The van der Waals surface area contributed by atoms with Gasteiger partial charge in [0.05, 0.1) is 6.61 Å². The molecule has 2 saturated heterocycles. The minimum absolute atomic E-state index is 0.233. The van der Waals surface area contributed by atoms with E-state index in [0.717, 1.165) is 0 Å². The maximum Gasteiger partial charge on any atom is 0.0615 e. The number of hydrogen-bond donors (Lipinski definition) is 1. The Balaban J connectivity index is 1.88. The zero-order valence-corrected chi connectivity index (χ0v) is 7.55. The molecule has 0 aromatic rings. The van der Waals surface area contributed by atoms with Crippen molar-refractivity contribution >= 4 is 0 Å². The fraction of sp³-hybridized carbons (Fsp3) is 1.00. The lowest BCUT2D eigenvalue weighted by Gasteiger charge is -2.29. The standard InChI is InChI=1S/C10H17NO/c12-8-10-2-1-5-11(10)7-9(6-10)3-4-9/h12H,1-8H2/t10-/m0/s1. The second-order valence-corrected chi connectivity index (χ2v) is 5.08. The minimum atomic E-state index is 0.233. The van der Waals surface area contributed by atoms with E-state index in [0.29, 0.717) is 12.0 Å². The highest BCUT2D eigenvalue weighted by Gasteiger charge is 2.59. The first kappa shape index (κ1) is 7.34. The van der Waals surface area contributed by atoms with E-state index in [-0.39, 0.29) is 5.54 Å². The molecular weight excluding hydrogens is 150 g/mol. The lowest BCUT2D eigenvalue weighted by Crippen LogP contribution is -2.41. The molecule has 0 unspecified atom stereocenters. The molecule has 0 bridgehead atoms. The molecule has 3 rings (SSSR count). The molecule has 0 aromatic carbocycles. The average Bonchev–Trinajstić information content (AvgIpc) is 2.53. The summed E-state index contributed by atoms with van der Waals surface area (Å²) in [6.07, 6.45) is 6.68. The third-order valence-electron chi connectivity index (χ3n) is 4.22. The Morgan fingerprint density at radius 2 is 2.08 bits per heavy atom. The smallest absolute Gasteiger partial charge is 0.0615 e. The molecule has 1 aliphatic carbocycles. The summed E-state index contributed by atoms with van der Waals surface area (Å²) in [4.78, 5) is 2.56. The number of rotatable bonds is 1. The number of hydrogen-bond acceptors (Lipinski definition) is 2. The first-order chi connectivity index (χ1) is 5.79. The van der Waals surface area contributed by atoms with Crippen molar-refractivity contribution < 1.29 is 5.11 Å². The zero-order chi connectivity index (χ0) is 8.23. The topological polar surface area (TPSA) is 23.5 Å². The van der Waals surface area contributed by atoms with Gasteiger partial charge in [-0.3, -0.25) is 4.90 Å². The molecule has 3 aliphatic rings. The van der Waals surface area contributed by atoms with E-state index in [1.165, 1.54) is 45.2 Å². The first-order valence-corrected chi connectivity index (χ1v) is 5.15. The molecule has 0 radical (unpaired) electrons. The SMILES string of the molecule is OC[C@@]12CCCN1CC1(CC1)C2. The van der Waals surface area contributed by atoms with Crippen LogP contribution < -0.4 is 0 Å². The molecule has 3 fully saturated rings. The summed E-state index contributed by atoms with van der Waals surface area (Å²) < 4.78 is 0. The van der Waals surface area contributed by atoms with Crippen LogP contribution in [-0.2, 0) is 0 Å². The lowest BCUT2D eigenvalue weighted by atomic mass is 9.89. The molecule has 0 aromatic heterocycles. The quantitative estimate of drug-likeness (QED) is 0.629. The molecular formula is C10H17NO. The summed E-state index contributed by atoms with van der Waals surface area (Å²) in [7, 11) is 0. The van der Waals surface area contributed by atoms with Crippen LogP contribution in [0.1, 0.15) is 32.1 Å². The fourth-order valence-electron chi connectivity index (χ4n) is 3.35. The van der Waals surface area contributed by atoms with E-state index in [1.54, 1.807) is 0 Å². The van der Waals surface area contributed by atoms with Crippen LogP contribution in [0, 0.1) is 5.41 Å². The van der Waals surface area contributed by atoms with E-state index >= 15 is 0 Å². The molecule has 2 aliphatic heterocycles. The third kappa shape index (κ3) is 0.775.